The molecule has 3 heterocycles. The van der Waals surface area contributed by atoms with Gasteiger partial charge in [-0.05, 0) is 47.9 Å². The number of hydrogen-bond donors (Lipinski definition) is 1. The van der Waals surface area contributed by atoms with Crippen molar-refractivity contribution in [3.63, 3.8) is 0 Å². The number of rotatable bonds is 6. The van der Waals surface area contributed by atoms with E-state index >= 15 is 0 Å². The van der Waals surface area contributed by atoms with Gasteiger partial charge in [-0.25, -0.2) is 4.39 Å². The van der Waals surface area contributed by atoms with Gasteiger partial charge in [-0.3, -0.25) is 24.6 Å². The van der Waals surface area contributed by atoms with Gasteiger partial charge in [0.25, 0.3) is 5.91 Å². The number of piperidine rings is 1. The first kappa shape index (κ1) is 20.6. The summed E-state index contributed by atoms with van der Waals surface area (Å²) in [5.41, 5.74) is 2.57. The largest absolute Gasteiger partial charge is 0.492 e. The second kappa shape index (κ2) is 8.35. The topological polar surface area (TPSA) is 79.0 Å². The summed E-state index contributed by atoms with van der Waals surface area (Å²) >= 11 is 0. The molecule has 1 unspecified atom stereocenters. The van der Waals surface area contributed by atoms with Crippen LogP contribution in [0, 0.1) is 5.82 Å². The van der Waals surface area contributed by atoms with Gasteiger partial charge in [-0.1, -0.05) is 12.1 Å². The summed E-state index contributed by atoms with van der Waals surface area (Å²) < 4.78 is 19.0. The van der Waals surface area contributed by atoms with Crippen LogP contribution in [0.5, 0.6) is 5.75 Å². The van der Waals surface area contributed by atoms with E-state index in [1.807, 2.05) is 18.2 Å². The Bertz CT molecular complexity index is 1070. The Morgan fingerprint density at radius 1 is 1.06 bits per heavy atom. The summed E-state index contributed by atoms with van der Waals surface area (Å²) in [4.78, 5) is 40.1. The van der Waals surface area contributed by atoms with Crippen LogP contribution in [-0.4, -0.2) is 59.8 Å². The van der Waals surface area contributed by atoms with Gasteiger partial charge >= 0.3 is 0 Å². The van der Waals surface area contributed by atoms with Gasteiger partial charge in [0, 0.05) is 44.1 Å². The van der Waals surface area contributed by atoms with E-state index in [4.69, 9.17) is 4.74 Å². The molecule has 2 saturated heterocycles. The number of carbonyl (C=O) groups excluding carboxylic acids is 3. The number of benzene rings is 2. The zero-order chi connectivity index (χ0) is 22.2. The predicted octanol–water partition coefficient (Wildman–Crippen LogP) is 2.06. The Morgan fingerprint density at radius 2 is 1.84 bits per heavy atom. The third kappa shape index (κ3) is 3.98. The maximum atomic E-state index is 13.1. The molecule has 2 aromatic carbocycles. The minimum Gasteiger partial charge on any atom is -0.492 e. The highest BCUT2D eigenvalue weighted by atomic mass is 19.1. The summed E-state index contributed by atoms with van der Waals surface area (Å²) in [6, 6.07) is 11.5. The highest BCUT2D eigenvalue weighted by Crippen LogP contribution is 2.30. The summed E-state index contributed by atoms with van der Waals surface area (Å²) in [6.45, 7) is 3.50. The van der Waals surface area contributed by atoms with Crippen LogP contribution in [0.1, 0.15) is 40.2 Å². The lowest BCUT2D eigenvalue weighted by molar-refractivity contribution is -0.136. The molecule has 0 saturated carbocycles. The summed E-state index contributed by atoms with van der Waals surface area (Å²) in [6.07, 6.45) is 0.589. The molecule has 7 nitrogen and oxygen atoms in total. The maximum Gasteiger partial charge on any atom is 0.255 e. The first-order chi connectivity index (χ1) is 15.5. The van der Waals surface area contributed by atoms with E-state index in [1.165, 1.54) is 17.0 Å². The number of halogens is 1. The van der Waals surface area contributed by atoms with Gasteiger partial charge in [-0.2, -0.15) is 0 Å². The monoisotopic (exact) mass is 437 g/mol. The Labute approximate surface area is 185 Å². The average molecular weight is 437 g/mol. The number of ether oxygens (including phenoxy) is 1. The summed E-state index contributed by atoms with van der Waals surface area (Å²) in [5.74, 6) is 0.0184. The molecule has 1 N–H and O–H groups in total. The highest BCUT2D eigenvalue weighted by Gasteiger charge is 2.39. The van der Waals surface area contributed by atoms with Crippen LogP contribution in [0.3, 0.4) is 0 Å². The predicted molar refractivity (Wildman–Crippen MR) is 114 cm³/mol. The standard InChI is InChI=1S/C24H24FN3O4/c25-18-3-1-15(2-4-18)17-12-27(13-17)9-10-32-19-5-6-20-16(11-19)14-28(24(20)31)21-7-8-22(29)26-23(21)30/h1-6,11,17,21H,7-10,12-14H2,(H,26,29,30). The second-order valence-corrected chi connectivity index (χ2v) is 8.58. The quantitative estimate of drug-likeness (QED) is 0.700. The van der Waals surface area contributed by atoms with Crippen molar-refractivity contribution in [3.05, 3.63) is 65.0 Å². The maximum absolute atomic E-state index is 13.1. The molecular weight excluding hydrogens is 413 g/mol. The van der Waals surface area contributed by atoms with Gasteiger partial charge < -0.3 is 9.64 Å². The van der Waals surface area contributed by atoms with E-state index in [9.17, 15) is 18.8 Å². The minimum atomic E-state index is -0.613. The zero-order valence-electron chi connectivity index (χ0n) is 17.6. The number of fused-ring (bicyclic) bond motifs is 1. The average Bonchev–Trinajstić information content (AvgIpc) is 3.06. The van der Waals surface area contributed by atoms with Crippen LogP contribution >= 0.6 is 0 Å². The van der Waals surface area contributed by atoms with Crippen molar-refractivity contribution in [1.29, 1.82) is 0 Å². The Kier molecular flexibility index (Phi) is 5.38. The number of carbonyl (C=O) groups is 3. The van der Waals surface area contributed by atoms with E-state index in [0.29, 0.717) is 36.8 Å². The first-order valence-electron chi connectivity index (χ1n) is 10.9. The molecule has 2 aromatic rings. The lowest BCUT2D eigenvalue weighted by Gasteiger charge is -2.39. The van der Waals surface area contributed by atoms with Gasteiger partial charge in [0.2, 0.25) is 11.8 Å². The molecule has 1 atom stereocenters. The normalized spacial score (nSPS) is 21.3. The molecule has 0 aliphatic carbocycles. The van der Waals surface area contributed by atoms with Crippen molar-refractivity contribution in [1.82, 2.24) is 15.1 Å². The van der Waals surface area contributed by atoms with E-state index in [1.54, 1.807) is 12.1 Å². The Hall–Kier alpha value is -3.26. The fourth-order valence-corrected chi connectivity index (χ4v) is 4.63. The lowest BCUT2D eigenvalue weighted by atomic mass is 9.91. The highest BCUT2D eigenvalue weighted by molar-refractivity contribution is 6.05. The summed E-state index contributed by atoms with van der Waals surface area (Å²) in [5, 5.41) is 2.31. The molecule has 0 spiro atoms. The van der Waals surface area contributed by atoms with Gasteiger partial charge in [0.05, 0.1) is 0 Å². The SMILES string of the molecule is O=C1CCC(N2Cc3cc(OCCN4CC(c5ccc(F)cc5)C4)ccc3C2=O)C(=O)N1. The fourth-order valence-electron chi connectivity index (χ4n) is 4.63. The van der Waals surface area contributed by atoms with Gasteiger partial charge in [0.1, 0.15) is 24.2 Å². The molecule has 3 aliphatic heterocycles. The van der Waals surface area contributed by atoms with Crippen molar-refractivity contribution in [2.75, 3.05) is 26.2 Å². The molecular formula is C24H24FN3O4. The van der Waals surface area contributed by atoms with Crippen molar-refractivity contribution in [2.45, 2.75) is 31.3 Å². The molecule has 166 valence electrons. The number of imide groups is 1. The van der Waals surface area contributed by atoms with E-state index in [-0.39, 0.29) is 24.1 Å². The third-order valence-corrected chi connectivity index (χ3v) is 6.47. The zero-order valence-corrected chi connectivity index (χ0v) is 17.6. The molecule has 3 amide bonds. The van der Waals surface area contributed by atoms with Crippen LogP contribution < -0.4 is 10.1 Å². The van der Waals surface area contributed by atoms with Crippen LogP contribution in [0.15, 0.2) is 42.5 Å². The minimum absolute atomic E-state index is 0.187. The van der Waals surface area contributed by atoms with Crippen molar-refractivity contribution in [3.8, 4) is 5.75 Å². The summed E-state index contributed by atoms with van der Waals surface area (Å²) in [7, 11) is 0. The molecule has 8 heteroatoms. The lowest BCUT2D eigenvalue weighted by Crippen LogP contribution is -2.52. The van der Waals surface area contributed by atoms with Crippen LogP contribution in [0.4, 0.5) is 4.39 Å². The van der Waals surface area contributed by atoms with Crippen molar-refractivity contribution in [2.24, 2.45) is 0 Å². The molecule has 0 radical (unpaired) electrons. The van der Waals surface area contributed by atoms with Gasteiger partial charge in [0.15, 0.2) is 0 Å². The van der Waals surface area contributed by atoms with E-state index in [0.717, 1.165) is 30.8 Å². The molecule has 5 rings (SSSR count). The first-order valence-corrected chi connectivity index (χ1v) is 10.9. The Morgan fingerprint density at radius 3 is 2.59 bits per heavy atom. The molecule has 0 bridgehead atoms. The molecule has 32 heavy (non-hydrogen) atoms. The molecule has 2 fully saturated rings. The smallest absolute Gasteiger partial charge is 0.255 e. The second-order valence-electron chi connectivity index (χ2n) is 8.58. The van der Waals surface area contributed by atoms with Crippen LogP contribution in [0.25, 0.3) is 0 Å². The number of likely N-dealkylation sites (tertiary alicyclic amines) is 1. The number of nitrogens with one attached hydrogen (secondary N) is 1. The molecule has 0 aromatic heterocycles. The number of hydrogen-bond acceptors (Lipinski definition) is 5. The Balaban J connectivity index is 1.12. The third-order valence-electron chi connectivity index (χ3n) is 6.47. The molecule has 3 aliphatic rings. The van der Waals surface area contributed by atoms with Crippen molar-refractivity contribution >= 4 is 17.7 Å². The number of amides is 3. The van der Waals surface area contributed by atoms with Crippen LogP contribution in [0.2, 0.25) is 0 Å². The van der Waals surface area contributed by atoms with Gasteiger partial charge in [-0.15, -0.1) is 0 Å². The number of nitrogens with zero attached hydrogens (tertiary/aromatic N) is 2. The fraction of sp³-hybridized carbons (Fsp3) is 0.375. The van der Waals surface area contributed by atoms with Crippen LogP contribution in [-0.2, 0) is 16.1 Å². The van der Waals surface area contributed by atoms with E-state index in [2.05, 4.69) is 10.2 Å². The van der Waals surface area contributed by atoms with E-state index < -0.39 is 11.9 Å². The van der Waals surface area contributed by atoms with Crippen molar-refractivity contribution < 1.29 is 23.5 Å².